The number of hydrogen-bond acceptors (Lipinski definition) is 3. The normalized spacial score (nSPS) is 26.6. The third-order valence-electron chi connectivity index (χ3n) is 3.04. The summed E-state index contributed by atoms with van der Waals surface area (Å²) in [4.78, 5) is 0. The van der Waals surface area contributed by atoms with Gasteiger partial charge in [0.15, 0.2) is 0 Å². The Morgan fingerprint density at radius 2 is 1.75 bits per heavy atom. The first-order valence-electron chi connectivity index (χ1n) is 6.37. The lowest BCUT2D eigenvalue weighted by atomic mass is 9.81. The highest BCUT2D eigenvalue weighted by Gasteiger charge is 2.38. The molecule has 1 heterocycles. The Labute approximate surface area is 106 Å². The summed E-state index contributed by atoms with van der Waals surface area (Å²) >= 11 is 4.49. The Kier molecular flexibility index (Phi) is 4.73. The molecule has 0 radical (unpaired) electrons. The van der Waals surface area contributed by atoms with E-state index in [2.05, 4.69) is 52.6 Å². The van der Waals surface area contributed by atoms with Crippen molar-refractivity contribution in [2.45, 2.75) is 82.9 Å². The van der Waals surface area contributed by atoms with E-state index in [4.69, 9.17) is 4.74 Å². The van der Waals surface area contributed by atoms with Crippen LogP contribution in [0.5, 0.6) is 0 Å². The predicted molar refractivity (Wildman–Crippen MR) is 73.1 cm³/mol. The summed E-state index contributed by atoms with van der Waals surface area (Å²) in [5, 5.41) is 3.66. The first kappa shape index (κ1) is 14.3. The molecule has 0 bridgehead atoms. The molecule has 1 rings (SSSR count). The van der Waals surface area contributed by atoms with Crippen molar-refractivity contribution in [2.75, 3.05) is 0 Å². The molecule has 16 heavy (non-hydrogen) atoms. The predicted octanol–water partition coefficient (Wildman–Crippen LogP) is 3.37. The molecule has 0 aromatic heterocycles. The molecule has 0 aliphatic carbocycles. The summed E-state index contributed by atoms with van der Waals surface area (Å²) in [5.41, 5.74) is 0.415. The molecule has 1 unspecified atom stereocenters. The summed E-state index contributed by atoms with van der Waals surface area (Å²) in [6.07, 6.45) is 4.63. The third-order valence-corrected chi connectivity index (χ3v) is 3.42. The number of hydrogen-bond donors (Lipinski definition) is 2. The fraction of sp³-hybridized carbons (Fsp3) is 1.00. The maximum absolute atomic E-state index is 6.03. The number of piperidine rings is 1. The van der Waals surface area contributed by atoms with Gasteiger partial charge < -0.3 is 10.1 Å². The van der Waals surface area contributed by atoms with Gasteiger partial charge in [-0.3, -0.25) is 0 Å². The van der Waals surface area contributed by atoms with Crippen LogP contribution in [0.1, 0.15) is 60.3 Å². The van der Waals surface area contributed by atoms with Gasteiger partial charge in [-0.1, -0.05) is 13.3 Å². The zero-order valence-electron chi connectivity index (χ0n) is 11.3. The highest BCUT2D eigenvalue weighted by Crippen LogP contribution is 2.31. The SMILES string of the molecule is CCCC(S)OC1CC(C)(C)NC(C)(C)C1. The van der Waals surface area contributed by atoms with E-state index in [0.29, 0.717) is 6.10 Å². The summed E-state index contributed by atoms with van der Waals surface area (Å²) in [5.74, 6) is 0. The number of rotatable bonds is 4. The van der Waals surface area contributed by atoms with Gasteiger partial charge in [-0.05, 0) is 47.0 Å². The molecule has 1 aliphatic rings. The maximum atomic E-state index is 6.03. The second kappa shape index (κ2) is 5.28. The summed E-state index contributed by atoms with van der Waals surface area (Å²) in [6.45, 7) is 11.2. The van der Waals surface area contributed by atoms with Crippen LogP contribution in [-0.2, 0) is 4.74 Å². The lowest BCUT2D eigenvalue weighted by molar-refractivity contribution is -0.0344. The van der Waals surface area contributed by atoms with Crippen molar-refractivity contribution in [3.05, 3.63) is 0 Å². The Balaban J connectivity index is 2.54. The van der Waals surface area contributed by atoms with Gasteiger partial charge in [0.05, 0.1) is 6.10 Å². The fourth-order valence-corrected chi connectivity index (χ4v) is 3.29. The smallest absolute Gasteiger partial charge is 0.100 e. The van der Waals surface area contributed by atoms with Crippen LogP contribution in [0, 0.1) is 0 Å². The van der Waals surface area contributed by atoms with Gasteiger partial charge in [0.25, 0.3) is 0 Å². The van der Waals surface area contributed by atoms with Crippen molar-refractivity contribution in [1.29, 1.82) is 0 Å². The Bertz CT molecular complexity index is 212. The van der Waals surface area contributed by atoms with E-state index in [0.717, 1.165) is 25.7 Å². The second-order valence-corrected chi connectivity index (χ2v) is 6.88. The van der Waals surface area contributed by atoms with Gasteiger partial charge in [0.1, 0.15) is 5.44 Å². The topological polar surface area (TPSA) is 21.3 Å². The fourth-order valence-electron chi connectivity index (χ4n) is 2.86. The molecule has 2 nitrogen and oxygen atoms in total. The highest BCUT2D eigenvalue weighted by molar-refractivity contribution is 7.80. The molecule has 1 fully saturated rings. The Morgan fingerprint density at radius 3 is 2.19 bits per heavy atom. The van der Waals surface area contributed by atoms with Gasteiger partial charge >= 0.3 is 0 Å². The lowest BCUT2D eigenvalue weighted by Crippen LogP contribution is -2.59. The van der Waals surface area contributed by atoms with Crippen LogP contribution in [0.15, 0.2) is 0 Å². The van der Waals surface area contributed by atoms with Crippen molar-refractivity contribution in [1.82, 2.24) is 5.32 Å². The summed E-state index contributed by atoms with van der Waals surface area (Å²) in [6, 6.07) is 0. The van der Waals surface area contributed by atoms with Crippen LogP contribution in [-0.4, -0.2) is 22.6 Å². The van der Waals surface area contributed by atoms with Crippen LogP contribution in [0.2, 0.25) is 0 Å². The summed E-state index contributed by atoms with van der Waals surface area (Å²) < 4.78 is 6.03. The number of nitrogens with one attached hydrogen (secondary N) is 1. The Morgan fingerprint density at radius 1 is 1.25 bits per heavy atom. The minimum Gasteiger partial charge on any atom is -0.364 e. The lowest BCUT2D eigenvalue weighted by Gasteiger charge is -2.46. The minimum atomic E-state index is 0.0969. The molecule has 1 aliphatic heterocycles. The molecule has 0 spiro atoms. The molecule has 0 aromatic carbocycles. The monoisotopic (exact) mass is 245 g/mol. The van der Waals surface area contributed by atoms with E-state index >= 15 is 0 Å². The van der Waals surface area contributed by atoms with Crippen LogP contribution < -0.4 is 5.32 Å². The van der Waals surface area contributed by atoms with Gasteiger partial charge in [0.2, 0.25) is 0 Å². The second-order valence-electron chi connectivity index (χ2n) is 6.30. The molecule has 0 saturated carbocycles. The van der Waals surface area contributed by atoms with Crippen LogP contribution in [0.25, 0.3) is 0 Å². The molecular weight excluding hydrogens is 218 g/mol. The van der Waals surface area contributed by atoms with E-state index in [9.17, 15) is 0 Å². The molecule has 0 amide bonds. The number of thiol groups is 1. The maximum Gasteiger partial charge on any atom is 0.100 e. The largest absolute Gasteiger partial charge is 0.364 e. The third kappa shape index (κ3) is 4.64. The van der Waals surface area contributed by atoms with E-state index in [1.165, 1.54) is 0 Å². The van der Waals surface area contributed by atoms with Gasteiger partial charge in [-0.2, -0.15) is 0 Å². The Hall–Kier alpha value is 0.270. The average molecular weight is 245 g/mol. The zero-order chi connectivity index (χ0) is 12.4. The van der Waals surface area contributed by atoms with Crippen LogP contribution >= 0.6 is 12.6 Å². The average Bonchev–Trinajstić information content (AvgIpc) is 1.96. The van der Waals surface area contributed by atoms with E-state index in [1.807, 2.05) is 0 Å². The molecular formula is C13H27NOS. The van der Waals surface area contributed by atoms with Crippen molar-refractivity contribution in [3.8, 4) is 0 Å². The molecule has 3 heteroatoms. The highest BCUT2D eigenvalue weighted by atomic mass is 32.1. The quantitative estimate of drug-likeness (QED) is 0.585. The standard InChI is InChI=1S/C13H27NOS/c1-6-7-11(16)15-10-8-12(2,3)14-13(4,5)9-10/h10-11,14,16H,6-9H2,1-5H3. The van der Waals surface area contributed by atoms with Crippen LogP contribution in [0.3, 0.4) is 0 Å². The minimum absolute atomic E-state index is 0.0969. The van der Waals surface area contributed by atoms with E-state index < -0.39 is 0 Å². The molecule has 1 atom stereocenters. The number of ether oxygens (including phenoxy) is 1. The first-order chi connectivity index (χ1) is 7.24. The van der Waals surface area contributed by atoms with Crippen molar-refractivity contribution in [3.63, 3.8) is 0 Å². The first-order valence-corrected chi connectivity index (χ1v) is 6.88. The van der Waals surface area contributed by atoms with Crippen molar-refractivity contribution >= 4 is 12.6 Å². The molecule has 96 valence electrons. The molecule has 0 aromatic rings. The van der Waals surface area contributed by atoms with Crippen molar-refractivity contribution in [2.24, 2.45) is 0 Å². The van der Waals surface area contributed by atoms with Gasteiger partial charge in [0, 0.05) is 11.1 Å². The molecule has 1 saturated heterocycles. The van der Waals surface area contributed by atoms with Crippen LogP contribution in [0.4, 0.5) is 0 Å². The zero-order valence-corrected chi connectivity index (χ0v) is 12.2. The van der Waals surface area contributed by atoms with Gasteiger partial charge in [-0.25, -0.2) is 0 Å². The van der Waals surface area contributed by atoms with Crippen molar-refractivity contribution < 1.29 is 4.74 Å². The van der Waals surface area contributed by atoms with Gasteiger partial charge in [-0.15, -0.1) is 12.6 Å². The molecule has 1 N–H and O–H groups in total. The summed E-state index contributed by atoms with van der Waals surface area (Å²) in [7, 11) is 0. The van der Waals surface area contributed by atoms with E-state index in [-0.39, 0.29) is 16.5 Å². The van der Waals surface area contributed by atoms with E-state index in [1.54, 1.807) is 0 Å².